The number of ether oxygens (including phenoxy) is 1. The lowest BCUT2D eigenvalue weighted by molar-refractivity contribution is 0.125. The number of hydrogen-bond acceptors (Lipinski definition) is 3. The minimum absolute atomic E-state index is 0.823. The van der Waals surface area contributed by atoms with Gasteiger partial charge in [-0.15, -0.1) is 0 Å². The van der Waals surface area contributed by atoms with Crippen LogP contribution >= 0.6 is 0 Å². The van der Waals surface area contributed by atoms with E-state index in [1.165, 1.54) is 19.3 Å². The van der Waals surface area contributed by atoms with Crippen LogP contribution in [-0.4, -0.2) is 31.2 Å². The Hall–Kier alpha value is -0.750. The standard InChI is InChI=1S/C12H20N2O/c1-2-15-8-11-7-12(11)10-3-5-14(9-13)6-4-10/h10-12H,2-8H2,1H3. The number of nitrogens with zero attached hydrogens (tertiary/aromatic N) is 2. The fourth-order valence-corrected chi connectivity index (χ4v) is 2.74. The van der Waals surface area contributed by atoms with E-state index in [0.717, 1.165) is 44.1 Å². The van der Waals surface area contributed by atoms with Crippen LogP contribution in [0.2, 0.25) is 0 Å². The molecule has 1 heterocycles. The average Bonchev–Trinajstić information content (AvgIpc) is 3.06. The molecular formula is C12H20N2O. The van der Waals surface area contributed by atoms with Gasteiger partial charge >= 0.3 is 0 Å². The van der Waals surface area contributed by atoms with Crippen molar-refractivity contribution in [3.05, 3.63) is 0 Å². The summed E-state index contributed by atoms with van der Waals surface area (Å²) < 4.78 is 5.46. The molecule has 0 amide bonds. The molecule has 2 aliphatic rings. The molecule has 2 fully saturated rings. The van der Waals surface area contributed by atoms with E-state index >= 15 is 0 Å². The SMILES string of the molecule is CCOCC1CC1C1CCN(C#N)CC1. The first-order valence-electron chi connectivity index (χ1n) is 6.07. The average molecular weight is 208 g/mol. The normalized spacial score (nSPS) is 31.3. The van der Waals surface area contributed by atoms with Crippen LogP contribution in [-0.2, 0) is 4.74 Å². The zero-order valence-electron chi connectivity index (χ0n) is 9.48. The number of rotatable bonds is 4. The Morgan fingerprint density at radius 3 is 2.73 bits per heavy atom. The van der Waals surface area contributed by atoms with Gasteiger partial charge in [0.25, 0.3) is 0 Å². The van der Waals surface area contributed by atoms with Gasteiger partial charge in [0.05, 0.1) is 0 Å². The van der Waals surface area contributed by atoms with Crippen LogP contribution in [0.5, 0.6) is 0 Å². The maximum Gasteiger partial charge on any atom is 0.179 e. The van der Waals surface area contributed by atoms with Crippen molar-refractivity contribution >= 4 is 0 Å². The highest BCUT2D eigenvalue weighted by atomic mass is 16.5. The lowest BCUT2D eigenvalue weighted by Gasteiger charge is -2.28. The van der Waals surface area contributed by atoms with Crippen LogP contribution < -0.4 is 0 Å². The molecular weight excluding hydrogens is 188 g/mol. The predicted octanol–water partition coefficient (Wildman–Crippen LogP) is 1.85. The lowest BCUT2D eigenvalue weighted by atomic mass is 9.91. The van der Waals surface area contributed by atoms with Gasteiger partial charge in [-0.1, -0.05) is 0 Å². The highest BCUT2D eigenvalue weighted by Crippen LogP contribution is 2.47. The Bertz CT molecular complexity index is 240. The third kappa shape index (κ3) is 2.63. The molecule has 1 aliphatic heterocycles. The monoisotopic (exact) mass is 208 g/mol. The number of nitriles is 1. The van der Waals surface area contributed by atoms with Crippen molar-refractivity contribution in [1.29, 1.82) is 5.26 Å². The second kappa shape index (κ2) is 4.85. The van der Waals surface area contributed by atoms with E-state index in [1.54, 1.807) is 0 Å². The second-order valence-electron chi connectivity index (χ2n) is 4.74. The molecule has 0 aromatic heterocycles. The van der Waals surface area contributed by atoms with Crippen LogP contribution in [0, 0.1) is 29.2 Å². The third-order valence-corrected chi connectivity index (χ3v) is 3.80. The largest absolute Gasteiger partial charge is 0.381 e. The van der Waals surface area contributed by atoms with Gasteiger partial charge in [-0.2, -0.15) is 5.26 Å². The molecule has 15 heavy (non-hydrogen) atoms. The minimum atomic E-state index is 0.823. The summed E-state index contributed by atoms with van der Waals surface area (Å²) in [6, 6.07) is 0. The van der Waals surface area contributed by atoms with Crippen LogP contribution in [0.4, 0.5) is 0 Å². The van der Waals surface area contributed by atoms with Crippen LogP contribution in [0.1, 0.15) is 26.2 Å². The van der Waals surface area contributed by atoms with Gasteiger partial charge < -0.3 is 9.64 Å². The summed E-state index contributed by atoms with van der Waals surface area (Å²) in [5.74, 6) is 2.58. The van der Waals surface area contributed by atoms with Crippen molar-refractivity contribution in [2.45, 2.75) is 26.2 Å². The topological polar surface area (TPSA) is 36.3 Å². The van der Waals surface area contributed by atoms with E-state index in [4.69, 9.17) is 10.00 Å². The number of likely N-dealkylation sites (tertiary alicyclic amines) is 1. The quantitative estimate of drug-likeness (QED) is 0.661. The third-order valence-electron chi connectivity index (χ3n) is 3.80. The maximum atomic E-state index is 8.76. The van der Waals surface area contributed by atoms with Crippen molar-refractivity contribution in [3.63, 3.8) is 0 Å². The fourth-order valence-electron chi connectivity index (χ4n) is 2.74. The summed E-state index contributed by atoms with van der Waals surface area (Å²) in [4.78, 5) is 1.89. The van der Waals surface area contributed by atoms with Crippen molar-refractivity contribution in [1.82, 2.24) is 4.90 Å². The molecule has 3 nitrogen and oxygen atoms in total. The summed E-state index contributed by atoms with van der Waals surface area (Å²) in [5.41, 5.74) is 0. The summed E-state index contributed by atoms with van der Waals surface area (Å²) >= 11 is 0. The van der Waals surface area contributed by atoms with Gasteiger partial charge in [0.2, 0.25) is 0 Å². The van der Waals surface area contributed by atoms with Gasteiger partial charge in [-0.05, 0) is 43.9 Å². The molecule has 2 atom stereocenters. The van der Waals surface area contributed by atoms with Crippen molar-refractivity contribution in [3.8, 4) is 6.19 Å². The lowest BCUT2D eigenvalue weighted by Crippen LogP contribution is -2.30. The van der Waals surface area contributed by atoms with Crippen molar-refractivity contribution < 1.29 is 4.74 Å². The highest BCUT2D eigenvalue weighted by molar-refractivity contribution is 4.94. The smallest absolute Gasteiger partial charge is 0.179 e. The molecule has 84 valence electrons. The molecule has 2 unspecified atom stereocenters. The molecule has 0 radical (unpaired) electrons. The Kier molecular flexibility index (Phi) is 3.48. The summed E-state index contributed by atoms with van der Waals surface area (Å²) in [6.45, 7) is 5.80. The van der Waals surface area contributed by atoms with Crippen molar-refractivity contribution in [2.75, 3.05) is 26.3 Å². The van der Waals surface area contributed by atoms with Gasteiger partial charge in [0.1, 0.15) is 0 Å². The molecule has 0 aromatic rings. The summed E-state index contributed by atoms with van der Waals surface area (Å²) in [6.07, 6.45) is 6.01. The van der Waals surface area contributed by atoms with E-state index in [2.05, 4.69) is 13.1 Å². The molecule has 1 aliphatic carbocycles. The second-order valence-corrected chi connectivity index (χ2v) is 4.74. The minimum Gasteiger partial charge on any atom is -0.381 e. The Morgan fingerprint density at radius 2 is 2.13 bits per heavy atom. The summed E-state index contributed by atoms with van der Waals surface area (Å²) in [5, 5.41) is 8.76. The van der Waals surface area contributed by atoms with Crippen LogP contribution in [0.15, 0.2) is 0 Å². The van der Waals surface area contributed by atoms with Crippen molar-refractivity contribution in [2.24, 2.45) is 17.8 Å². The molecule has 0 spiro atoms. The first-order chi connectivity index (χ1) is 7.35. The maximum absolute atomic E-state index is 8.76. The Morgan fingerprint density at radius 1 is 1.40 bits per heavy atom. The van der Waals surface area contributed by atoms with E-state index in [1.807, 2.05) is 4.90 Å². The molecule has 0 N–H and O–H groups in total. The molecule has 1 saturated carbocycles. The zero-order chi connectivity index (χ0) is 10.7. The first kappa shape index (κ1) is 10.8. The van der Waals surface area contributed by atoms with Gasteiger partial charge in [-0.25, -0.2) is 0 Å². The van der Waals surface area contributed by atoms with E-state index < -0.39 is 0 Å². The Balaban J connectivity index is 1.68. The van der Waals surface area contributed by atoms with Crippen LogP contribution in [0.25, 0.3) is 0 Å². The zero-order valence-corrected chi connectivity index (χ0v) is 9.48. The first-order valence-corrected chi connectivity index (χ1v) is 6.07. The highest BCUT2D eigenvalue weighted by Gasteiger charge is 2.43. The molecule has 3 heteroatoms. The Labute approximate surface area is 92.0 Å². The molecule has 2 rings (SSSR count). The fraction of sp³-hybridized carbons (Fsp3) is 0.917. The number of hydrogen-bond donors (Lipinski definition) is 0. The number of piperidine rings is 1. The predicted molar refractivity (Wildman–Crippen MR) is 58.0 cm³/mol. The summed E-state index contributed by atoms with van der Waals surface area (Å²) in [7, 11) is 0. The van der Waals surface area contributed by atoms with Gasteiger partial charge in [0.15, 0.2) is 6.19 Å². The van der Waals surface area contributed by atoms with Crippen LogP contribution in [0.3, 0.4) is 0 Å². The molecule has 1 saturated heterocycles. The molecule has 0 aromatic carbocycles. The van der Waals surface area contributed by atoms with Gasteiger partial charge in [-0.3, -0.25) is 0 Å². The van der Waals surface area contributed by atoms with E-state index in [9.17, 15) is 0 Å². The van der Waals surface area contributed by atoms with Gasteiger partial charge in [0, 0.05) is 26.3 Å². The van der Waals surface area contributed by atoms with E-state index in [-0.39, 0.29) is 0 Å². The van der Waals surface area contributed by atoms with E-state index in [0.29, 0.717) is 0 Å². The molecule has 0 bridgehead atoms.